The van der Waals surface area contributed by atoms with Crippen LogP contribution in [0, 0.1) is 5.92 Å². The summed E-state index contributed by atoms with van der Waals surface area (Å²) in [5, 5.41) is 9.16. The molecule has 0 aliphatic heterocycles. The van der Waals surface area contributed by atoms with E-state index >= 15 is 0 Å². The van der Waals surface area contributed by atoms with E-state index in [1.165, 1.54) is 19.3 Å². The van der Waals surface area contributed by atoms with E-state index in [1.807, 2.05) is 25.8 Å². The van der Waals surface area contributed by atoms with Gasteiger partial charge < -0.3 is 5.11 Å². The Hall–Kier alpha value is -0.570. The molecule has 0 spiro atoms. The quantitative estimate of drug-likeness (QED) is 0.736. The van der Waals surface area contributed by atoms with E-state index in [-0.39, 0.29) is 0 Å². The highest BCUT2D eigenvalue weighted by Gasteiger charge is 2.37. The monoisotopic (exact) mass is 199 g/mol. The molecule has 1 aliphatic rings. The molecule has 82 valence electrons. The van der Waals surface area contributed by atoms with Crippen molar-refractivity contribution in [2.75, 3.05) is 13.6 Å². The van der Waals surface area contributed by atoms with Crippen molar-refractivity contribution in [2.45, 2.75) is 45.1 Å². The maximum atomic E-state index is 11.1. The van der Waals surface area contributed by atoms with Crippen LogP contribution in [0.15, 0.2) is 0 Å². The van der Waals surface area contributed by atoms with Crippen LogP contribution >= 0.6 is 0 Å². The first kappa shape index (κ1) is 11.5. The van der Waals surface area contributed by atoms with Crippen molar-refractivity contribution in [3.05, 3.63) is 0 Å². The highest BCUT2D eigenvalue weighted by molar-refractivity contribution is 5.78. The zero-order chi connectivity index (χ0) is 10.8. The van der Waals surface area contributed by atoms with Gasteiger partial charge >= 0.3 is 5.97 Å². The first-order valence-electron chi connectivity index (χ1n) is 5.45. The zero-order valence-corrected chi connectivity index (χ0v) is 9.42. The molecule has 14 heavy (non-hydrogen) atoms. The fraction of sp³-hybridized carbons (Fsp3) is 0.909. The smallest absolute Gasteiger partial charge is 0.323 e. The summed E-state index contributed by atoms with van der Waals surface area (Å²) in [7, 11) is 1.93. The van der Waals surface area contributed by atoms with Crippen molar-refractivity contribution in [1.29, 1.82) is 0 Å². The predicted octanol–water partition coefficient (Wildman–Crippen LogP) is 1.97. The van der Waals surface area contributed by atoms with Gasteiger partial charge in [0.15, 0.2) is 0 Å². The van der Waals surface area contributed by atoms with Crippen LogP contribution in [-0.2, 0) is 4.79 Å². The molecule has 0 aromatic heterocycles. The minimum Gasteiger partial charge on any atom is -0.480 e. The van der Waals surface area contributed by atoms with Crippen molar-refractivity contribution in [3.63, 3.8) is 0 Å². The second-order valence-electron chi connectivity index (χ2n) is 4.61. The summed E-state index contributed by atoms with van der Waals surface area (Å²) in [4.78, 5) is 13.1. The highest BCUT2D eigenvalue weighted by atomic mass is 16.4. The lowest BCUT2D eigenvalue weighted by atomic mass is 9.84. The maximum absolute atomic E-state index is 11.1. The number of carboxylic acid groups (broad SMARTS) is 1. The largest absolute Gasteiger partial charge is 0.480 e. The van der Waals surface area contributed by atoms with Crippen LogP contribution in [0.2, 0.25) is 0 Å². The van der Waals surface area contributed by atoms with Gasteiger partial charge in [0.25, 0.3) is 0 Å². The van der Waals surface area contributed by atoms with Gasteiger partial charge in [-0.2, -0.15) is 0 Å². The Balaban J connectivity index is 2.53. The van der Waals surface area contributed by atoms with Crippen LogP contribution in [0.1, 0.15) is 39.5 Å². The molecule has 1 fully saturated rings. The molecule has 1 N–H and O–H groups in total. The summed E-state index contributed by atoms with van der Waals surface area (Å²) in [5.74, 6) is 0.0204. The minimum atomic E-state index is -0.707. The topological polar surface area (TPSA) is 40.5 Å². The maximum Gasteiger partial charge on any atom is 0.323 e. The van der Waals surface area contributed by atoms with E-state index in [2.05, 4.69) is 0 Å². The second-order valence-corrected chi connectivity index (χ2v) is 4.61. The molecular weight excluding hydrogens is 178 g/mol. The number of nitrogens with zero attached hydrogens (tertiary/aromatic N) is 1. The number of rotatable bonds is 5. The first-order valence-corrected chi connectivity index (χ1v) is 5.45. The van der Waals surface area contributed by atoms with Crippen LogP contribution in [0.25, 0.3) is 0 Å². The van der Waals surface area contributed by atoms with Crippen molar-refractivity contribution < 1.29 is 9.90 Å². The van der Waals surface area contributed by atoms with Gasteiger partial charge in [0, 0.05) is 6.54 Å². The zero-order valence-electron chi connectivity index (χ0n) is 9.42. The first-order chi connectivity index (χ1) is 6.50. The number of aliphatic carboxylic acids is 1. The Morgan fingerprint density at radius 3 is 2.43 bits per heavy atom. The number of carboxylic acids is 1. The lowest BCUT2D eigenvalue weighted by Crippen LogP contribution is -2.52. The van der Waals surface area contributed by atoms with E-state index in [1.54, 1.807) is 0 Å². The van der Waals surface area contributed by atoms with Gasteiger partial charge in [-0.05, 0) is 39.2 Å². The van der Waals surface area contributed by atoms with Gasteiger partial charge in [0.05, 0.1) is 0 Å². The number of carbonyl (C=O) groups is 1. The third-order valence-electron chi connectivity index (χ3n) is 3.75. The van der Waals surface area contributed by atoms with E-state index in [0.717, 1.165) is 12.5 Å². The van der Waals surface area contributed by atoms with E-state index in [0.29, 0.717) is 6.42 Å². The molecule has 0 heterocycles. The fourth-order valence-electron chi connectivity index (χ4n) is 1.85. The van der Waals surface area contributed by atoms with Gasteiger partial charge in [0.1, 0.15) is 5.54 Å². The SMILES string of the molecule is CCC(C)(C(=O)O)N(C)CC1CCC1. The molecule has 1 saturated carbocycles. The Morgan fingerprint density at radius 1 is 1.57 bits per heavy atom. The molecule has 0 radical (unpaired) electrons. The standard InChI is InChI=1S/C11H21NO2/c1-4-11(2,10(13)14)12(3)8-9-6-5-7-9/h9H,4-8H2,1-3H3,(H,13,14). The predicted molar refractivity (Wildman–Crippen MR) is 56.3 cm³/mol. The molecule has 0 saturated heterocycles. The molecular formula is C11H21NO2. The Bertz CT molecular complexity index is 213. The van der Waals surface area contributed by atoms with E-state index in [4.69, 9.17) is 5.11 Å². The molecule has 0 aromatic carbocycles. The molecule has 0 amide bonds. The third-order valence-corrected chi connectivity index (χ3v) is 3.75. The Labute approximate surface area is 86.1 Å². The lowest BCUT2D eigenvalue weighted by Gasteiger charge is -2.38. The van der Waals surface area contributed by atoms with Crippen molar-refractivity contribution in [2.24, 2.45) is 5.92 Å². The normalized spacial score (nSPS) is 21.7. The molecule has 1 unspecified atom stereocenters. The minimum absolute atomic E-state index is 0.658. The van der Waals surface area contributed by atoms with Crippen molar-refractivity contribution >= 4 is 5.97 Å². The molecule has 1 rings (SSSR count). The molecule has 1 aliphatic carbocycles. The van der Waals surface area contributed by atoms with E-state index in [9.17, 15) is 4.79 Å². The van der Waals surface area contributed by atoms with Gasteiger partial charge in [0.2, 0.25) is 0 Å². The molecule has 3 heteroatoms. The summed E-state index contributed by atoms with van der Waals surface area (Å²) in [6.07, 6.45) is 4.51. The van der Waals surface area contributed by atoms with Crippen LogP contribution in [0.5, 0.6) is 0 Å². The van der Waals surface area contributed by atoms with Gasteiger partial charge in [-0.15, -0.1) is 0 Å². The summed E-state index contributed by atoms with van der Waals surface area (Å²) >= 11 is 0. The Kier molecular flexibility index (Phi) is 3.53. The molecule has 1 atom stereocenters. The van der Waals surface area contributed by atoms with Gasteiger partial charge in [-0.1, -0.05) is 13.3 Å². The highest BCUT2D eigenvalue weighted by Crippen LogP contribution is 2.29. The summed E-state index contributed by atoms with van der Waals surface area (Å²) in [6, 6.07) is 0. The fourth-order valence-corrected chi connectivity index (χ4v) is 1.85. The van der Waals surface area contributed by atoms with Crippen LogP contribution in [-0.4, -0.2) is 35.1 Å². The number of hydrogen-bond donors (Lipinski definition) is 1. The molecule has 0 aromatic rings. The Morgan fingerprint density at radius 2 is 2.14 bits per heavy atom. The summed E-state index contributed by atoms with van der Waals surface area (Å²) in [5.41, 5.74) is -0.685. The lowest BCUT2D eigenvalue weighted by molar-refractivity contribution is -0.150. The summed E-state index contributed by atoms with van der Waals surface area (Å²) < 4.78 is 0. The van der Waals surface area contributed by atoms with Crippen LogP contribution < -0.4 is 0 Å². The second kappa shape index (κ2) is 4.30. The average molecular weight is 199 g/mol. The van der Waals surface area contributed by atoms with E-state index < -0.39 is 11.5 Å². The van der Waals surface area contributed by atoms with Crippen LogP contribution in [0.3, 0.4) is 0 Å². The van der Waals surface area contributed by atoms with Crippen LogP contribution in [0.4, 0.5) is 0 Å². The third kappa shape index (κ3) is 2.08. The molecule has 3 nitrogen and oxygen atoms in total. The molecule has 0 bridgehead atoms. The number of likely N-dealkylation sites (N-methyl/N-ethyl adjacent to an activating group) is 1. The van der Waals surface area contributed by atoms with Crippen molar-refractivity contribution in [3.8, 4) is 0 Å². The summed E-state index contributed by atoms with van der Waals surface area (Å²) in [6.45, 7) is 4.68. The average Bonchev–Trinajstić information content (AvgIpc) is 2.09. The van der Waals surface area contributed by atoms with Gasteiger partial charge in [-0.3, -0.25) is 9.69 Å². The number of hydrogen-bond acceptors (Lipinski definition) is 2. The van der Waals surface area contributed by atoms with Gasteiger partial charge in [-0.25, -0.2) is 0 Å². The van der Waals surface area contributed by atoms with Crippen molar-refractivity contribution in [1.82, 2.24) is 4.90 Å².